The summed E-state index contributed by atoms with van der Waals surface area (Å²) in [6.45, 7) is 1.35. The summed E-state index contributed by atoms with van der Waals surface area (Å²) in [4.78, 5) is 29.0. The molecular weight excluding hydrogens is 446 g/mol. The number of benzene rings is 2. The van der Waals surface area contributed by atoms with Gasteiger partial charge in [0.05, 0.1) is 30.6 Å². The third-order valence-electron chi connectivity index (χ3n) is 6.04. The van der Waals surface area contributed by atoms with Gasteiger partial charge in [-0.3, -0.25) is 14.2 Å². The van der Waals surface area contributed by atoms with Crippen LogP contribution in [0.4, 0.5) is 0 Å². The number of pyridine rings is 1. The fourth-order valence-corrected chi connectivity index (χ4v) is 4.50. The van der Waals surface area contributed by atoms with Crippen LogP contribution in [0.3, 0.4) is 0 Å². The number of carbonyl (C=O) groups is 1. The molecule has 2 aromatic carbocycles. The smallest absolute Gasteiger partial charge is 0.264 e. The van der Waals surface area contributed by atoms with Crippen LogP contribution in [0.25, 0.3) is 27.6 Å². The number of aromatic nitrogens is 2. The van der Waals surface area contributed by atoms with E-state index in [-0.39, 0.29) is 17.3 Å². The first kappa shape index (κ1) is 21.3. The van der Waals surface area contributed by atoms with Crippen LogP contribution in [0.2, 0.25) is 5.02 Å². The van der Waals surface area contributed by atoms with Crippen LogP contribution in [-0.4, -0.2) is 47.8 Å². The monoisotopic (exact) mass is 467 g/mol. The highest BCUT2D eigenvalue weighted by atomic mass is 35.5. The average Bonchev–Trinajstić information content (AvgIpc) is 3.26. The molecule has 1 aliphatic heterocycles. The molecule has 0 bridgehead atoms. The van der Waals surface area contributed by atoms with Gasteiger partial charge in [-0.2, -0.15) is 0 Å². The Balaban J connectivity index is 1.81. The van der Waals surface area contributed by atoms with Crippen LogP contribution >= 0.6 is 11.6 Å². The van der Waals surface area contributed by atoms with E-state index < -0.39 is 0 Å². The Labute approximate surface area is 194 Å². The number of hydrogen-bond donors (Lipinski definition) is 0. The van der Waals surface area contributed by atoms with Crippen molar-refractivity contribution in [1.82, 2.24) is 14.6 Å². The van der Waals surface area contributed by atoms with Crippen molar-refractivity contribution >= 4 is 39.2 Å². The third-order valence-corrected chi connectivity index (χ3v) is 6.27. The van der Waals surface area contributed by atoms with Gasteiger partial charge >= 0.3 is 0 Å². The Morgan fingerprint density at radius 3 is 2.39 bits per heavy atom. The number of rotatable bonds is 4. The van der Waals surface area contributed by atoms with E-state index >= 15 is 0 Å². The molecule has 1 aliphatic rings. The summed E-state index contributed by atoms with van der Waals surface area (Å²) in [6, 6.07) is 8.32. The molecule has 1 saturated heterocycles. The molecule has 0 aliphatic carbocycles. The van der Waals surface area contributed by atoms with Gasteiger partial charge in [0.1, 0.15) is 0 Å². The molecule has 0 saturated carbocycles. The molecule has 0 N–H and O–H groups in total. The van der Waals surface area contributed by atoms with Crippen LogP contribution in [0.15, 0.2) is 45.8 Å². The summed E-state index contributed by atoms with van der Waals surface area (Å²) in [5.74, 6) is 0.950. The number of likely N-dealkylation sites (tertiary alicyclic amines) is 1. The first-order valence-electron chi connectivity index (χ1n) is 10.7. The Bertz CT molecular complexity index is 1440. The van der Waals surface area contributed by atoms with E-state index in [9.17, 15) is 9.59 Å². The maximum Gasteiger partial charge on any atom is 0.264 e. The predicted octanol–water partition coefficient (Wildman–Crippen LogP) is 4.43. The maximum atomic E-state index is 13.6. The van der Waals surface area contributed by atoms with Crippen molar-refractivity contribution in [3.05, 3.63) is 57.5 Å². The highest BCUT2D eigenvalue weighted by molar-refractivity contribution is 6.31. The molecule has 2 aromatic heterocycles. The molecule has 0 atom stereocenters. The molecular formula is C24H22ClN3O5. The molecule has 4 aromatic rings. The second-order valence-electron chi connectivity index (χ2n) is 7.97. The minimum atomic E-state index is -0.365. The van der Waals surface area contributed by atoms with Crippen LogP contribution in [-0.2, 0) is 0 Å². The number of ether oxygens (including phenoxy) is 2. The molecule has 9 heteroatoms. The number of methoxy groups -OCH3 is 2. The normalized spacial score (nSPS) is 14.1. The lowest BCUT2D eigenvalue weighted by Gasteiger charge is -2.27. The fourth-order valence-electron chi connectivity index (χ4n) is 4.33. The Morgan fingerprint density at radius 2 is 1.70 bits per heavy atom. The number of halogens is 1. The van der Waals surface area contributed by atoms with Crippen LogP contribution in [0.5, 0.6) is 11.5 Å². The number of amides is 1. The summed E-state index contributed by atoms with van der Waals surface area (Å²) in [7, 11) is 3.01. The van der Waals surface area contributed by atoms with Gasteiger partial charge in [0, 0.05) is 29.7 Å². The maximum absolute atomic E-state index is 13.6. The Kier molecular flexibility index (Phi) is 5.46. The van der Waals surface area contributed by atoms with Crippen molar-refractivity contribution in [1.29, 1.82) is 0 Å². The second kappa shape index (κ2) is 8.44. The summed E-state index contributed by atoms with van der Waals surface area (Å²) in [6.07, 6.45) is 4.53. The quantitative estimate of drug-likeness (QED) is 0.441. The average molecular weight is 468 g/mol. The van der Waals surface area contributed by atoms with Gasteiger partial charge in [0.15, 0.2) is 22.9 Å². The zero-order valence-electron chi connectivity index (χ0n) is 18.3. The topological polar surface area (TPSA) is 86.8 Å². The summed E-state index contributed by atoms with van der Waals surface area (Å²) >= 11 is 6.18. The molecule has 1 fully saturated rings. The van der Waals surface area contributed by atoms with Gasteiger partial charge < -0.3 is 18.9 Å². The molecule has 0 radical (unpaired) electrons. The van der Waals surface area contributed by atoms with E-state index in [4.69, 9.17) is 25.6 Å². The first-order chi connectivity index (χ1) is 16.0. The van der Waals surface area contributed by atoms with E-state index in [0.29, 0.717) is 56.9 Å². The van der Waals surface area contributed by atoms with Gasteiger partial charge in [-0.25, -0.2) is 0 Å². The molecule has 1 amide bonds. The minimum absolute atomic E-state index is 0.147. The highest BCUT2D eigenvalue weighted by Gasteiger charge is 2.25. The van der Waals surface area contributed by atoms with E-state index in [1.807, 2.05) is 4.90 Å². The van der Waals surface area contributed by atoms with E-state index in [2.05, 4.69) is 5.16 Å². The number of fused-ring (bicyclic) bond motifs is 2. The van der Waals surface area contributed by atoms with Crippen LogP contribution < -0.4 is 15.0 Å². The van der Waals surface area contributed by atoms with Crippen molar-refractivity contribution in [2.45, 2.75) is 19.3 Å². The molecule has 0 spiro atoms. The van der Waals surface area contributed by atoms with Gasteiger partial charge in [0.2, 0.25) is 0 Å². The van der Waals surface area contributed by atoms with E-state index in [1.165, 1.54) is 25.0 Å². The first-order valence-corrected chi connectivity index (χ1v) is 11.1. The zero-order chi connectivity index (χ0) is 23.1. The number of nitrogens with zero attached hydrogens (tertiary/aromatic N) is 3. The number of carbonyl (C=O) groups excluding carboxylic acids is 1. The van der Waals surface area contributed by atoms with Gasteiger partial charge in [-0.1, -0.05) is 16.8 Å². The van der Waals surface area contributed by atoms with Gasteiger partial charge in [-0.05, 0) is 49.6 Å². The standard InChI is InChI=1S/C24H22ClN3O5/c1-31-20-11-15-16(12-21(20)32-2)24(30)28(13-18(15)23(29)27-8-4-3-5-9-27)22-17-10-14(25)6-7-19(17)33-26-22/h6-7,10-13H,3-5,8-9H2,1-2H3. The van der Waals surface area contributed by atoms with Gasteiger partial charge in [-0.15, -0.1) is 0 Å². The lowest BCUT2D eigenvalue weighted by Crippen LogP contribution is -2.36. The molecule has 0 unspecified atom stereocenters. The Hall–Kier alpha value is -3.52. The summed E-state index contributed by atoms with van der Waals surface area (Å²) < 4.78 is 17.6. The largest absolute Gasteiger partial charge is 0.493 e. The van der Waals surface area contributed by atoms with Crippen LogP contribution in [0, 0.1) is 0 Å². The fraction of sp³-hybridized carbons (Fsp3) is 0.292. The lowest BCUT2D eigenvalue weighted by atomic mass is 10.0. The van der Waals surface area contributed by atoms with Crippen LogP contribution in [0.1, 0.15) is 29.6 Å². The summed E-state index contributed by atoms with van der Waals surface area (Å²) in [5, 5.41) is 5.97. The second-order valence-corrected chi connectivity index (χ2v) is 8.41. The summed E-state index contributed by atoms with van der Waals surface area (Å²) in [5.41, 5.74) is 0.500. The number of piperidine rings is 1. The molecule has 170 valence electrons. The molecule has 5 rings (SSSR count). The Morgan fingerprint density at radius 1 is 1.00 bits per heavy atom. The molecule has 33 heavy (non-hydrogen) atoms. The zero-order valence-corrected chi connectivity index (χ0v) is 19.0. The van der Waals surface area contributed by atoms with Crippen molar-refractivity contribution in [2.75, 3.05) is 27.3 Å². The molecule has 8 nitrogen and oxygen atoms in total. The van der Waals surface area contributed by atoms with Gasteiger partial charge in [0.25, 0.3) is 11.5 Å². The molecule has 3 heterocycles. The lowest BCUT2D eigenvalue weighted by molar-refractivity contribution is 0.0725. The highest BCUT2D eigenvalue weighted by Crippen LogP contribution is 2.34. The minimum Gasteiger partial charge on any atom is -0.493 e. The predicted molar refractivity (Wildman–Crippen MR) is 125 cm³/mol. The van der Waals surface area contributed by atoms with Crippen molar-refractivity contribution in [3.8, 4) is 17.3 Å². The van der Waals surface area contributed by atoms with E-state index in [1.54, 1.807) is 30.3 Å². The van der Waals surface area contributed by atoms with Crippen molar-refractivity contribution in [3.63, 3.8) is 0 Å². The van der Waals surface area contributed by atoms with Crippen molar-refractivity contribution < 1.29 is 18.8 Å². The SMILES string of the molecule is COc1cc2c(C(=O)N3CCCCC3)cn(-c3noc4ccc(Cl)cc34)c(=O)c2cc1OC. The van der Waals surface area contributed by atoms with E-state index in [0.717, 1.165) is 19.3 Å². The number of hydrogen-bond acceptors (Lipinski definition) is 6. The third kappa shape index (κ3) is 3.60. The van der Waals surface area contributed by atoms with Crippen molar-refractivity contribution in [2.24, 2.45) is 0 Å².